The molecule has 0 bridgehead atoms. The molecule has 1 saturated heterocycles. The number of hydrogen-bond acceptors (Lipinski definition) is 4. The number of hydrogen-bond donors (Lipinski definition) is 2. The van der Waals surface area contributed by atoms with Crippen molar-refractivity contribution in [2.45, 2.75) is 62.2 Å². The van der Waals surface area contributed by atoms with Gasteiger partial charge in [-0.15, -0.1) is 24.0 Å². The number of nitrogens with one attached hydrogen (secondary N) is 2. The first kappa shape index (κ1) is 23.3. The molecule has 1 aliphatic heterocycles. The Kier molecular flexibility index (Phi) is 12.5. The van der Waals surface area contributed by atoms with Gasteiger partial charge < -0.3 is 20.1 Å². The van der Waals surface area contributed by atoms with Crippen LogP contribution in [0.4, 0.5) is 0 Å². The van der Waals surface area contributed by atoms with Gasteiger partial charge in [-0.2, -0.15) is 11.8 Å². The third-order valence-corrected chi connectivity index (χ3v) is 6.58. The number of guanidine groups is 1. The van der Waals surface area contributed by atoms with Gasteiger partial charge in [0.05, 0.1) is 6.10 Å². The van der Waals surface area contributed by atoms with E-state index in [9.17, 15) is 0 Å². The van der Waals surface area contributed by atoms with Crippen LogP contribution in [0.5, 0.6) is 0 Å². The largest absolute Gasteiger partial charge is 0.381 e. The van der Waals surface area contributed by atoms with Crippen LogP contribution in [0.3, 0.4) is 0 Å². The van der Waals surface area contributed by atoms with E-state index in [1.165, 1.54) is 32.1 Å². The van der Waals surface area contributed by atoms with E-state index in [1.54, 1.807) is 0 Å². The van der Waals surface area contributed by atoms with Crippen molar-refractivity contribution in [3.8, 4) is 0 Å². The minimum atomic E-state index is 0. The van der Waals surface area contributed by atoms with E-state index in [0.717, 1.165) is 58.1 Å². The highest BCUT2D eigenvalue weighted by Gasteiger charge is 2.31. The second kappa shape index (κ2) is 13.4. The highest BCUT2D eigenvalue weighted by molar-refractivity contribution is 14.0. The zero-order valence-corrected chi connectivity index (χ0v) is 19.0. The van der Waals surface area contributed by atoms with Crippen LogP contribution in [0.15, 0.2) is 4.99 Å². The third-order valence-electron chi connectivity index (χ3n) is 5.16. The average molecular weight is 485 g/mol. The Balaban J connectivity index is 0.00000312. The highest BCUT2D eigenvalue weighted by atomic mass is 127. The Hall–Kier alpha value is 0.270. The second-order valence-corrected chi connectivity index (χ2v) is 8.11. The van der Waals surface area contributed by atoms with Crippen LogP contribution in [0.2, 0.25) is 0 Å². The van der Waals surface area contributed by atoms with E-state index in [0.29, 0.717) is 6.10 Å². The normalized spacial score (nSPS) is 21.4. The number of ether oxygens (including phenoxy) is 2. The van der Waals surface area contributed by atoms with Crippen LogP contribution >= 0.6 is 35.7 Å². The van der Waals surface area contributed by atoms with Crippen molar-refractivity contribution >= 4 is 41.7 Å². The summed E-state index contributed by atoms with van der Waals surface area (Å²) in [6.07, 6.45) is 12.5. The van der Waals surface area contributed by atoms with E-state index in [4.69, 9.17) is 9.47 Å². The van der Waals surface area contributed by atoms with Gasteiger partial charge in [0.15, 0.2) is 5.96 Å². The molecule has 5 nitrogen and oxygen atoms in total. The Morgan fingerprint density at radius 1 is 1.20 bits per heavy atom. The van der Waals surface area contributed by atoms with E-state index >= 15 is 0 Å². The van der Waals surface area contributed by atoms with Crippen LogP contribution < -0.4 is 10.6 Å². The second-order valence-electron chi connectivity index (χ2n) is 6.84. The molecule has 2 rings (SSSR count). The van der Waals surface area contributed by atoms with Crippen LogP contribution in [0.25, 0.3) is 0 Å². The standard InChI is InChI=1S/C18H35N3O2S.HI/c1-19-17(21-15-18(24-2)9-13-22-14-10-18)20-11-6-12-23-16-7-4-3-5-8-16;/h16H,3-15H2,1-2H3,(H2,19,20,21);1H. The summed E-state index contributed by atoms with van der Waals surface area (Å²) in [4.78, 5) is 4.34. The molecule has 0 amide bonds. The molecule has 2 aliphatic rings. The molecule has 0 atom stereocenters. The summed E-state index contributed by atoms with van der Waals surface area (Å²) in [5.74, 6) is 0.896. The van der Waals surface area contributed by atoms with E-state index in [2.05, 4.69) is 21.9 Å². The molecule has 2 fully saturated rings. The summed E-state index contributed by atoms with van der Waals surface area (Å²) < 4.78 is 11.7. The quantitative estimate of drug-likeness (QED) is 0.239. The van der Waals surface area contributed by atoms with Gasteiger partial charge in [-0.1, -0.05) is 19.3 Å². The first-order valence-electron chi connectivity index (χ1n) is 9.47. The molecule has 2 N–H and O–H groups in total. The number of aliphatic imine (C=N–C) groups is 1. The number of halogens is 1. The van der Waals surface area contributed by atoms with Crippen molar-refractivity contribution in [2.24, 2.45) is 4.99 Å². The fourth-order valence-electron chi connectivity index (χ4n) is 3.42. The highest BCUT2D eigenvalue weighted by Crippen LogP contribution is 2.32. The van der Waals surface area contributed by atoms with Crippen LogP contribution in [0, 0.1) is 0 Å². The maximum Gasteiger partial charge on any atom is 0.191 e. The van der Waals surface area contributed by atoms with Gasteiger partial charge in [0.2, 0.25) is 0 Å². The lowest BCUT2D eigenvalue weighted by molar-refractivity contribution is 0.0277. The fraction of sp³-hybridized carbons (Fsp3) is 0.944. The summed E-state index contributed by atoms with van der Waals surface area (Å²) in [6.45, 7) is 4.43. The molecule has 1 aliphatic carbocycles. The molecule has 7 heteroatoms. The van der Waals surface area contributed by atoms with Gasteiger partial charge >= 0.3 is 0 Å². The summed E-state index contributed by atoms with van der Waals surface area (Å²) in [7, 11) is 1.84. The fourth-order valence-corrected chi connectivity index (χ4v) is 4.21. The van der Waals surface area contributed by atoms with Crippen molar-refractivity contribution < 1.29 is 9.47 Å². The summed E-state index contributed by atoms with van der Waals surface area (Å²) in [5, 5.41) is 6.90. The number of nitrogens with zero attached hydrogens (tertiary/aromatic N) is 1. The summed E-state index contributed by atoms with van der Waals surface area (Å²) in [5.41, 5.74) is 0. The Labute approximate surface area is 174 Å². The Bertz CT molecular complexity index is 373. The molecular weight excluding hydrogens is 449 g/mol. The molecule has 25 heavy (non-hydrogen) atoms. The molecule has 0 aromatic rings. The summed E-state index contributed by atoms with van der Waals surface area (Å²) >= 11 is 1.95. The van der Waals surface area contributed by atoms with Gasteiger partial charge in [0.25, 0.3) is 0 Å². The molecule has 1 heterocycles. The number of thioether (sulfide) groups is 1. The molecule has 148 valence electrons. The monoisotopic (exact) mass is 485 g/mol. The molecule has 0 spiro atoms. The molecule has 1 saturated carbocycles. The first-order valence-corrected chi connectivity index (χ1v) is 10.7. The SMILES string of the molecule is CN=C(NCCCOC1CCCCC1)NCC1(SC)CCOCC1.I. The topological polar surface area (TPSA) is 54.9 Å². The summed E-state index contributed by atoms with van der Waals surface area (Å²) in [6, 6.07) is 0. The molecule has 0 aromatic carbocycles. The van der Waals surface area contributed by atoms with Crippen LogP contribution in [-0.2, 0) is 9.47 Å². The van der Waals surface area contributed by atoms with Gasteiger partial charge in [-0.3, -0.25) is 4.99 Å². The van der Waals surface area contributed by atoms with Crippen molar-refractivity contribution in [2.75, 3.05) is 46.2 Å². The van der Waals surface area contributed by atoms with Crippen molar-refractivity contribution in [3.05, 3.63) is 0 Å². The maximum absolute atomic E-state index is 5.97. The Morgan fingerprint density at radius 2 is 1.92 bits per heavy atom. The van der Waals surface area contributed by atoms with Crippen molar-refractivity contribution in [1.29, 1.82) is 0 Å². The van der Waals surface area contributed by atoms with Gasteiger partial charge in [0, 0.05) is 44.7 Å². The van der Waals surface area contributed by atoms with E-state index in [1.807, 2.05) is 18.8 Å². The van der Waals surface area contributed by atoms with E-state index in [-0.39, 0.29) is 28.7 Å². The lowest BCUT2D eigenvalue weighted by atomic mass is 9.98. The predicted octanol–water partition coefficient (Wildman–Crippen LogP) is 3.42. The van der Waals surface area contributed by atoms with Crippen LogP contribution in [-0.4, -0.2) is 63.0 Å². The van der Waals surface area contributed by atoms with Crippen molar-refractivity contribution in [3.63, 3.8) is 0 Å². The van der Waals surface area contributed by atoms with Crippen molar-refractivity contribution in [1.82, 2.24) is 10.6 Å². The molecule has 0 radical (unpaired) electrons. The zero-order valence-electron chi connectivity index (χ0n) is 15.8. The first-order chi connectivity index (χ1) is 11.8. The lowest BCUT2D eigenvalue weighted by Gasteiger charge is -2.36. The lowest BCUT2D eigenvalue weighted by Crippen LogP contribution is -2.48. The number of rotatable bonds is 8. The van der Waals surface area contributed by atoms with Gasteiger partial charge in [-0.05, 0) is 38.4 Å². The Morgan fingerprint density at radius 3 is 2.56 bits per heavy atom. The molecule has 0 aromatic heterocycles. The smallest absolute Gasteiger partial charge is 0.191 e. The predicted molar refractivity (Wildman–Crippen MR) is 119 cm³/mol. The van der Waals surface area contributed by atoms with Crippen LogP contribution in [0.1, 0.15) is 51.4 Å². The molecule has 0 unspecified atom stereocenters. The minimum Gasteiger partial charge on any atom is -0.381 e. The zero-order chi connectivity index (χ0) is 17.1. The van der Waals surface area contributed by atoms with E-state index < -0.39 is 0 Å². The molecular formula is C18H36IN3O2S. The third kappa shape index (κ3) is 8.67. The average Bonchev–Trinajstić information content (AvgIpc) is 2.65. The van der Waals surface area contributed by atoms with Gasteiger partial charge in [-0.25, -0.2) is 0 Å². The van der Waals surface area contributed by atoms with Gasteiger partial charge in [0.1, 0.15) is 0 Å². The minimum absolute atomic E-state index is 0. The maximum atomic E-state index is 5.97.